The third-order valence-electron chi connectivity index (χ3n) is 5.82. The Kier molecular flexibility index (Phi) is 6.34. The zero-order valence-electron chi connectivity index (χ0n) is 18.4. The van der Waals surface area contributed by atoms with Crippen molar-refractivity contribution in [3.05, 3.63) is 58.6 Å². The molecule has 9 nitrogen and oxygen atoms in total. The number of ether oxygens (including phenoxy) is 2. The standard InChI is InChI=1S/C23H22ClN5O4S/c1-13-27-22(34-28-13)18-11-25-19(21(30)26-10-14-2-4-15(24)5-3-14)9-20(18)33-17-6-7-29-16(8-17)12-32-23(29)31/h2-5,9,11,16-17H,6-8,10,12H2,1H3,(H,26,30)/t16-,17-/m0/s1. The van der Waals surface area contributed by atoms with Crippen LogP contribution in [0.2, 0.25) is 5.02 Å². The molecule has 34 heavy (non-hydrogen) atoms. The molecule has 0 saturated carbocycles. The first-order valence-electron chi connectivity index (χ1n) is 10.9. The summed E-state index contributed by atoms with van der Waals surface area (Å²) in [5, 5.41) is 4.19. The number of amides is 2. The fourth-order valence-corrected chi connectivity index (χ4v) is 4.86. The van der Waals surface area contributed by atoms with E-state index in [0.717, 1.165) is 5.56 Å². The summed E-state index contributed by atoms with van der Waals surface area (Å²) in [6, 6.07) is 8.92. The molecule has 2 fully saturated rings. The van der Waals surface area contributed by atoms with Gasteiger partial charge in [0.1, 0.15) is 35.0 Å². The van der Waals surface area contributed by atoms with Crippen LogP contribution in [0.1, 0.15) is 34.7 Å². The number of halogens is 1. The van der Waals surface area contributed by atoms with E-state index < -0.39 is 0 Å². The van der Waals surface area contributed by atoms with E-state index in [1.807, 2.05) is 19.1 Å². The van der Waals surface area contributed by atoms with Gasteiger partial charge in [0.2, 0.25) is 0 Å². The van der Waals surface area contributed by atoms with Gasteiger partial charge in [0.05, 0.1) is 11.6 Å². The molecule has 2 saturated heterocycles. The van der Waals surface area contributed by atoms with Crippen LogP contribution in [0.4, 0.5) is 4.79 Å². The van der Waals surface area contributed by atoms with Crippen molar-refractivity contribution in [2.24, 2.45) is 0 Å². The van der Waals surface area contributed by atoms with Crippen LogP contribution in [0.15, 0.2) is 36.5 Å². The molecule has 0 spiro atoms. The zero-order chi connectivity index (χ0) is 23.7. The predicted octanol–water partition coefficient (Wildman–Crippen LogP) is 3.85. The van der Waals surface area contributed by atoms with Gasteiger partial charge in [-0.2, -0.15) is 4.37 Å². The molecule has 176 valence electrons. The maximum atomic E-state index is 12.8. The number of nitrogens with zero attached hydrogens (tertiary/aromatic N) is 4. The van der Waals surface area contributed by atoms with Crippen LogP contribution in [0.25, 0.3) is 10.6 Å². The smallest absolute Gasteiger partial charge is 0.410 e. The molecule has 1 aromatic carbocycles. The van der Waals surface area contributed by atoms with Crippen LogP contribution in [0, 0.1) is 6.92 Å². The lowest BCUT2D eigenvalue weighted by Crippen LogP contribution is -2.44. The number of piperidine rings is 1. The maximum absolute atomic E-state index is 12.8. The Morgan fingerprint density at radius 3 is 2.94 bits per heavy atom. The Labute approximate surface area is 205 Å². The van der Waals surface area contributed by atoms with E-state index in [2.05, 4.69) is 19.7 Å². The van der Waals surface area contributed by atoms with E-state index >= 15 is 0 Å². The molecule has 2 aromatic heterocycles. The SMILES string of the molecule is Cc1nsc(-c2cnc(C(=O)NCc3ccc(Cl)cc3)cc2O[C@H]2CCN3C(=O)OC[C@@H]3C2)n1. The van der Waals surface area contributed by atoms with Gasteiger partial charge in [0.25, 0.3) is 5.91 Å². The number of nitrogens with one attached hydrogen (secondary N) is 1. The summed E-state index contributed by atoms with van der Waals surface area (Å²) in [7, 11) is 0. The van der Waals surface area contributed by atoms with Crippen molar-refractivity contribution >= 4 is 35.1 Å². The van der Waals surface area contributed by atoms with Crippen LogP contribution in [-0.2, 0) is 11.3 Å². The molecule has 3 aromatic rings. The number of carbonyl (C=O) groups is 2. The molecule has 0 aliphatic carbocycles. The number of cyclic esters (lactones) is 1. The lowest BCUT2D eigenvalue weighted by molar-refractivity contribution is 0.0915. The summed E-state index contributed by atoms with van der Waals surface area (Å²) in [6.45, 7) is 3.11. The van der Waals surface area contributed by atoms with Crippen molar-refractivity contribution in [3.63, 3.8) is 0 Å². The Balaban J connectivity index is 1.35. The average Bonchev–Trinajstić information content (AvgIpc) is 3.43. The van der Waals surface area contributed by atoms with Crippen LogP contribution >= 0.6 is 23.1 Å². The van der Waals surface area contributed by atoms with Gasteiger partial charge < -0.3 is 19.7 Å². The first-order valence-corrected chi connectivity index (χ1v) is 12.0. The summed E-state index contributed by atoms with van der Waals surface area (Å²) in [5.41, 5.74) is 1.85. The van der Waals surface area contributed by atoms with Crippen molar-refractivity contribution in [1.29, 1.82) is 0 Å². The second-order valence-electron chi connectivity index (χ2n) is 8.21. The third kappa shape index (κ3) is 4.83. The summed E-state index contributed by atoms with van der Waals surface area (Å²) in [4.78, 5) is 35.2. The number of rotatable bonds is 6. The van der Waals surface area contributed by atoms with Gasteiger partial charge >= 0.3 is 6.09 Å². The molecule has 11 heteroatoms. The molecular weight excluding hydrogens is 478 g/mol. The largest absolute Gasteiger partial charge is 0.489 e. The molecule has 0 unspecified atom stereocenters. The Morgan fingerprint density at radius 2 is 2.18 bits per heavy atom. The minimum absolute atomic E-state index is 0.00227. The molecular formula is C23H22ClN5O4S. The molecule has 1 N–H and O–H groups in total. The van der Waals surface area contributed by atoms with Gasteiger partial charge in [-0.1, -0.05) is 23.7 Å². The lowest BCUT2D eigenvalue weighted by Gasteiger charge is -2.32. The van der Waals surface area contributed by atoms with Crippen molar-refractivity contribution in [3.8, 4) is 16.3 Å². The number of hydrogen-bond donors (Lipinski definition) is 1. The van der Waals surface area contributed by atoms with E-state index in [1.165, 1.54) is 11.5 Å². The monoisotopic (exact) mass is 499 g/mol. The molecule has 5 rings (SSSR count). The molecule has 2 aliphatic heterocycles. The number of aryl methyl sites for hydroxylation is 1. The van der Waals surface area contributed by atoms with E-state index in [0.29, 0.717) is 59.7 Å². The Bertz CT molecular complexity index is 1220. The topological polar surface area (TPSA) is 107 Å². The highest BCUT2D eigenvalue weighted by atomic mass is 35.5. The zero-order valence-corrected chi connectivity index (χ0v) is 19.9. The molecule has 0 radical (unpaired) electrons. The fraction of sp³-hybridized carbons (Fsp3) is 0.348. The van der Waals surface area contributed by atoms with E-state index in [-0.39, 0.29) is 29.8 Å². The van der Waals surface area contributed by atoms with E-state index in [9.17, 15) is 9.59 Å². The highest BCUT2D eigenvalue weighted by Crippen LogP contribution is 2.34. The first-order chi connectivity index (χ1) is 16.5. The Morgan fingerprint density at radius 1 is 1.35 bits per heavy atom. The van der Waals surface area contributed by atoms with Gasteiger partial charge in [-0.25, -0.2) is 9.78 Å². The highest BCUT2D eigenvalue weighted by Gasteiger charge is 2.39. The van der Waals surface area contributed by atoms with Crippen molar-refractivity contribution < 1.29 is 19.1 Å². The number of hydrogen-bond acceptors (Lipinski definition) is 8. The number of pyridine rings is 1. The fourth-order valence-electron chi connectivity index (χ4n) is 4.05. The minimum atomic E-state index is -0.315. The van der Waals surface area contributed by atoms with Crippen LogP contribution in [0.5, 0.6) is 5.75 Å². The quantitative estimate of drug-likeness (QED) is 0.549. The molecule has 2 amide bonds. The van der Waals surface area contributed by atoms with Gasteiger partial charge in [-0.3, -0.25) is 9.78 Å². The number of benzene rings is 1. The normalized spacial score (nSPS) is 19.5. The van der Waals surface area contributed by atoms with Crippen LogP contribution < -0.4 is 10.1 Å². The van der Waals surface area contributed by atoms with Crippen LogP contribution in [-0.4, -0.2) is 56.5 Å². The van der Waals surface area contributed by atoms with Crippen molar-refractivity contribution in [1.82, 2.24) is 24.6 Å². The lowest BCUT2D eigenvalue weighted by atomic mass is 10.0. The minimum Gasteiger partial charge on any atom is -0.489 e. The summed E-state index contributed by atoms with van der Waals surface area (Å²) < 4.78 is 15.8. The number of carbonyl (C=O) groups excluding carboxylic acids is 2. The van der Waals surface area contributed by atoms with Gasteiger partial charge in [0, 0.05) is 43.2 Å². The summed E-state index contributed by atoms with van der Waals surface area (Å²) >= 11 is 7.18. The number of fused-ring (bicyclic) bond motifs is 1. The first kappa shape index (κ1) is 22.5. The third-order valence-corrected chi connectivity index (χ3v) is 6.91. The van der Waals surface area contributed by atoms with Crippen molar-refractivity contribution in [2.45, 2.75) is 38.5 Å². The predicted molar refractivity (Wildman–Crippen MR) is 126 cm³/mol. The van der Waals surface area contributed by atoms with E-state index in [1.54, 1.807) is 29.3 Å². The molecule has 2 atom stereocenters. The average molecular weight is 500 g/mol. The van der Waals surface area contributed by atoms with Gasteiger partial charge in [-0.15, -0.1) is 0 Å². The second-order valence-corrected chi connectivity index (χ2v) is 9.40. The second kappa shape index (κ2) is 9.55. The molecule has 2 aliphatic rings. The van der Waals surface area contributed by atoms with Gasteiger partial charge in [-0.05, 0) is 36.2 Å². The number of aromatic nitrogens is 3. The highest BCUT2D eigenvalue weighted by molar-refractivity contribution is 7.09. The van der Waals surface area contributed by atoms with Crippen LogP contribution in [0.3, 0.4) is 0 Å². The van der Waals surface area contributed by atoms with Gasteiger partial charge in [0.15, 0.2) is 0 Å². The summed E-state index contributed by atoms with van der Waals surface area (Å²) in [5.74, 6) is 0.863. The Hall–Kier alpha value is -3.24. The molecule has 4 heterocycles. The summed E-state index contributed by atoms with van der Waals surface area (Å²) in [6.07, 6.45) is 2.53. The van der Waals surface area contributed by atoms with Crippen molar-refractivity contribution in [2.75, 3.05) is 13.2 Å². The van der Waals surface area contributed by atoms with E-state index in [4.69, 9.17) is 21.1 Å². The maximum Gasteiger partial charge on any atom is 0.410 e. The molecule has 0 bridgehead atoms.